The number of ketones is 1. The molecule has 2 heterocycles. The van der Waals surface area contributed by atoms with Gasteiger partial charge in [-0.2, -0.15) is 5.26 Å². The average Bonchev–Trinajstić information content (AvgIpc) is 2.94. The van der Waals surface area contributed by atoms with Crippen LogP contribution in [0.2, 0.25) is 0 Å². The Morgan fingerprint density at radius 2 is 2.32 bits per heavy atom. The van der Waals surface area contributed by atoms with Crippen LogP contribution in [0.25, 0.3) is 0 Å². The van der Waals surface area contributed by atoms with Crippen LogP contribution in [-0.2, 0) is 19.1 Å². The Morgan fingerprint density at radius 1 is 1.64 bits per heavy atom. The number of nitrogens with zero attached hydrogens (tertiary/aromatic N) is 2. The summed E-state index contributed by atoms with van der Waals surface area (Å²) in [5.41, 5.74) is -0.0812. The van der Waals surface area contributed by atoms with Gasteiger partial charge in [0.1, 0.15) is 12.0 Å². The first-order valence-corrected chi connectivity index (χ1v) is 7.89. The van der Waals surface area contributed by atoms with Crippen LogP contribution in [-0.4, -0.2) is 51.5 Å². The largest absolute Gasteiger partial charge is 0.456 e. The number of Topliss-reactive ketones (excluding diaryl/α,β-unsaturated/α-hetero) is 1. The van der Waals surface area contributed by atoms with Crippen molar-refractivity contribution in [1.29, 1.82) is 10.7 Å². The second kappa shape index (κ2) is 6.08. The van der Waals surface area contributed by atoms with Gasteiger partial charge in [0.2, 0.25) is 5.91 Å². The molecule has 0 aromatic rings. The third kappa shape index (κ3) is 2.86. The molecule has 0 aromatic heterocycles. The molecule has 0 saturated carbocycles. The standard InChI is InChI=1S/C14H17N3O4S/c1-8(16)9(5-15)11(18)6-21-13(20)10-7-22-14(2)4-3-12(19)17(10)14/h9-10,16H,3-4,6-7H2,1-2H3/t9?,10-,14+/m0/s1. The Hall–Kier alpha value is -1.88. The summed E-state index contributed by atoms with van der Waals surface area (Å²) in [6, 6.07) is 1.03. The second-order valence-corrected chi connectivity index (χ2v) is 7.09. The van der Waals surface area contributed by atoms with E-state index in [4.69, 9.17) is 15.4 Å². The summed E-state index contributed by atoms with van der Waals surface area (Å²) >= 11 is 1.54. The molecular formula is C14H17N3O4S. The molecule has 2 aliphatic heterocycles. The highest BCUT2D eigenvalue weighted by Crippen LogP contribution is 2.47. The molecule has 2 saturated heterocycles. The predicted octanol–water partition coefficient (Wildman–Crippen LogP) is 0.732. The van der Waals surface area contributed by atoms with Crippen molar-refractivity contribution in [2.75, 3.05) is 12.4 Å². The zero-order valence-electron chi connectivity index (χ0n) is 12.4. The zero-order valence-corrected chi connectivity index (χ0v) is 13.2. The van der Waals surface area contributed by atoms with E-state index in [0.29, 0.717) is 18.6 Å². The van der Waals surface area contributed by atoms with E-state index in [9.17, 15) is 14.4 Å². The SMILES string of the molecule is CC(=N)C(C#N)C(=O)COC(=O)[C@@H]1CS[C@]2(C)CCC(=O)N12. The van der Waals surface area contributed by atoms with Gasteiger partial charge in [-0.25, -0.2) is 4.79 Å². The topological polar surface area (TPSA) is 111 Å². The molecule has 7 nitrogen and oxygen atoms in total. The molecule has 1 unspecified atom stereocenters. The summed E-state index contributed by atoms with van der Waals surface area (Å²) in [5.74, 6) is -2.07. The van der Waals surface area contributed by atoms with Crippen LogP contribution in [0, 0.1) is 22.7 Å². The smallest absolute Gasteiger partial charge is 0.330 e. The van der Waals surface area contributed by atoms with Gasteiger partial charge in [0, 0.05) is 17.9 Å². The molecule has 118 valence electrons. The van der Waals surface area contributed by atoms with Gasteiger partial charge in [-0.15, -0.1) is 11.8 Å². The van der Waals surface area contributed by atoms with Crippen LogP contribution in [0.5, 0.6) is 0 Å². The number of esters is 1. The number of fused-ring (bicyclic) bond motifs is 1. The fourth-order valence-corrected chi connectivity index (χ4v) is 4.14. The number of amides is 1. The van der Waals surface area contributed by atoms with E-state index >= 15 is 0 Å². The summed E-state index contributed by atoms with van der Waals surface area (Å²) in [7, 11) is 0. The molecule has 22 heavy (non-hydrogen) atoms. The zero-order chi connectivity index (χ0) is 16.5. The van der Waals surface area contributed by atoms with Crippen molar-refractivity contribution < 1.29 is 19.1 Å². The fourth-order valence-electron chi connectivity index (χ4n) is 2.73. The summed E-state index contributed by atoms with van der Waals surface area (Å²) < 4.78 is 4.98. The van der Waals surface area contributed by atoms with Gasteiger partial charge in [-0.05, 0) is 20.3 Å². The van der Waals surface area contributed by atoms with Crippen LogP contribution >= 0.6 is 11.8 Å². The van der Waals surface area contributed by atoms with E-state index in [1.54, 1.807) is 11.0 Å². The number of hydrogen-bond donors (Lipinski definition) is 1. The second-order valence-electron chi connectivity index (χ2n) is 5.58. The van der Waals surface area contributed by atoms with Gasteiger partial charge in [0.25, 0.3) is 0 Å². The summed E-state index contributed by atoms with van der Waals surface area (Å²) in [6.07, 6.45) is 1.11. The molecule has 3 atom stereocenters. The molecule has 2 aliphatic rings. The van der Waals surface area contributed by atoms with Gasteiger partial charge in [0.05, 0.1) is 10.9 Å². The maximum Gasteiger partial charge on any atom is 0.330 e. The molecule has 0 bridgehead atoms. The maximum atomic E-state index is 12.1. The number of carbonyl (C=O) groups excluding carboxylic acids is 3. The van der Waals surface area contributed by atoms with Gasteiger partial charge in [0.15, 0.2) is 12.4 Å². The van der Waals surface area contributed by atoms with E-state index < -0.39 is 30.3 Å². The highest BCUT2D eigenvalue weighted by atomic mass is 32.2. The van der Waals surface area contributed by atoms with Gasteiger partial charge in [-0.3, -0.25) is 9.59 Å². The van der Waals surface area contributed by atoms with Crippen molar-refractivity contribution in [3.63, 3.8) is 0 Å². The quantitative estimate of drug-likeness (QED) is 0.590. The molecule has 2 fully saturated rings. The van der Waals surface area contributed by atoms with Crippen molar-refractivity contribution in [2.45, 2.75) is 37.6 Å². The summed E-state index contributed by atoms with van der Waals surface area (Å²) in [5, 5.41) is 16.2. The van der Waals surface area contributed by atoms with E-state index in [-0.39, 0.29) is 16.5 Å². The Balaban J connectivity index is 1.96. The van der Waals surface area contributed by atoms with Crippen LogP contribution in [0.1, 0.15) is 26.7 Å². The van der Waals surface area contributed by atoms with Crippen LogP contribution in [0.15, 0.2) is 0 Å². The van der Waals surface area contributed by atoms with E-state index in [1.807, 2.05) is 6.92 Å². The minimum absolute atomic E-state index is 0.0778. The predicted molar refractivity (Wildman–Crippen MR) is 79.2 cm³/mol. The maximum absolute atomic E-state index is 12.1. The number of rotatable bonds is 5. The molecule has 2 rings (SSSR count). The monoisotopic (exact) mass is 323 g/mol. The lowest BCUT2D eigenvalue weighted by molar-refractivity contribution is -0.156. The van der Waals surface area contributed by atoms with Crippen molar-refractivity contribution in [3.05, 3.63) is 0 Å². The lowest BCUT2D eigenvalue weighted by atomic mass is 10.0. The molecule has 1 amide bonds. The normalized spacial score (nSPS) is 28.0. The van der Waals surface area contributed by atoms with Crippen LogP contribution in [0.3, 0.4) is 0 Å². The Kier molecular flexibility index (Phi) is 4.56. The molecule has 0 spiro atoms. The Morgan fingerprint density at radius 3 is 2.91 bits per heavy atom. The number of thioether (sulfide) groups is 1. The first-order valence-electron chi connectivity index (χ1n) is 6.90. The van der Waals surface area contributed by atoms with E-state index in [0.717, 1.165) is 0 Å². The molecule has 0 aromatic carbocycles. The first kappa shape index (κ1) is 16.5. The number of carbonyl (C=O) groups is 3. The lowest BCUT2D eigenvalue weighted by Gasteiger charge is -2.29. The number of hydrogen-bond acceptors (Lipinski definition) is 7. The minimum atomic E-state index is -1.19. The van der Waals surface area contributed by atoms with Gasteiger partial charge < -0.3 is 15.0 Å². The number of nitrogens with one attached hydrogen (secondary N) is 1. The lowest BCUT2D eigenvalue weighted by Crippen LogP contribution is -2.47. The third-order valence-corrected chi connectivity index (χ3v) is 5.46. The van der Waals surface area contributed by atoms with Gasteiger partial charge in [-0.1, -0.05) is 0 Å². The molecule has 0 radical (unpaired) electrons. The highest BCUT2D eigenvalue weighted by Gasteiger charge is 2.53. The minimum Gasteiger partial charge on any atom is -0.456 e. The molecule has 0 aliphatic carbocycles. The van der Waals surface area contributed by atoms with Crippen molar-refractivity contribution >= 4 is 35.1 Å². The molecular weight excluding hydrogens is 306 g/mol. The van der Waals surface area contributed by atoms with E-state index in [1.165, 1.54) is 18.7 Å². The number of ether oxygens (including phenoxy) is 1. The Bertz CT molecular complexity index is 585. The van der Waals surface area contributed by atoms with E-state index in [2.05, 4.69) is 0 Å². The first-order chi connectivity index (χ1) is 10.3. The summed E-state index contributed by atoms with van der Waals surface area (Å²) in [4.78, 5) is 37.0. The van der Waals surface area contributed by atoms with Gasteiger partial charge >= 0.3 is 5.97 Å². The Labute approximate surface area is 132 Å². The highest BCUT2D eigenvalue weighted by molar-refractivity contribution is 8.01. The van der Waals surface area contributed by atoms with Crippen molar-refractivity contribution in [2.24, 2.45) is 5.92 Å². The fraction of sp³-hybridized carbons (Fsp3) is 0.643. The molecule has 8 heteroatoms. The van der Waals surface area contributed by atoms with Crippen LogP contribution in [0.4, 0.5) is 0 Å². The summed E-state index contributed by atoms with van der Waals surface area (Å²) in [6.45, 7) is 2.73. The number of nitriles is 1. The van der Waals surface area contributed by atoms with Crippen molar-refractivity contribution in [3.8, 4) is 6.07 Å². The van der Waals surface area contributed by atoms with Crippen LogP contribution < -0.4 is 0 Å². The molecule has 1 N–H and O–H groups in total. The third-order valence-electron chi connectivity index (χ3n) is 3.96. The average molecular weight is 323 g/mol. The van der Waals surface area contributed by atoms with Crippen molar-refractivity contribution in [1.82, 2.24) is 4.90 Å².